The van der Waals surface area contributed by atoms with Gasteiger partial charge in [-0.1, -0.05) is 0 Å². The molecule has 0 bridgehead atoms. The number of carbonyl (C=O) groups excluding carboxylic acids is 1. The smallest absolute Gasteiger partial charge is 0.332 e. The summed E-state index contributed by atoms with van der Waals surface area (Å²) in [4.78, 5) is 44.2. The molecule has 1 amide bonds. The van der Waals surface area contributed by atoms with Crippen LogP contribution in [-0.4, -0.2) is 25.0 Å². The molecule has 3 aromatic rings. The Kier molecular flexibility index (Phi) is 3.75. The second-order valence-electron chi connectivity index (χ2n) is 4.85. The van der Waals surface area contributed by atoms with Crippen molar-refractivity contribution in [3.8, 4) is 0 Å². The molecule has 0 aromatic carbocycles. The Bertz CT molecular complexity index is 971. The standard InChI is InChI=1S/C14H13N5O4/c1-18-12-10(6-15-8-17-12)13(21)19(14(18)22)7-11(20)16-5-9-3-2-4-23-9/h2-4,6,8H,5,7H2,1H3,(H,16,20). The highest BCUT2D eigenvalue weighted by molar-refractivity contribution is 5.77. The molecule has 9 heteroatoms. The average Bonchev–Trinajstić information content (AvgIpc) is 3.08. The number of aryl methyl sites for hydroxylation is 1. The third-order valence-corrected chi connectivity index (χ3v) is 3.34. The van der Waals surface area contributed by atoms with Crippen molar-refractivity contribution < 1.29 is 9.21 Å². The highest BCUT2D eigenvalue weighted by atomic mass is 16.3. The summed E-state index contributed by atoms with van der Waals surface area (Å²) in [5, 5.41) is 2.76. The lowest BCUT2D eigenvalue weighted by atomic mass is 10.4. The van der Waals surface area contributed by atoms with Gasteiger partial charge in [0.15, 0.2) is 5.65 Å². The lowest BCUT2D eigenvalue weighted by Crippen LogP contribution is -2.43. The van der Waals surface area contributed by atoms with E-state index < -0.39 is 23.7 Å². The molecule has 23 heavy (non-hydrogen) atoms. The minimum Gasteiger partial charge on any atom is -0.467 e. The summed E-state index contributed by atoms with van der Waals surface area (Å²) in [6, 6.07) is 3.41. The van der Waals surface area contributed by atoms with Gasteiger partial charge >= 0.3 is 5.69 Å². The van der Waals surface area contributed by atoms with Crippen molar-refractivity contribution in [3.63, 3.8) is 0 Å². The van der Waals surface area contributed by atoms with Crippen LogP contribution in [0.5, 0.6) is 0 Å². The molecular weight excluding hydrogens is 302 g/mol. The zero-order valence-electron chi connectivity index (χ0n) is 12.2. The Balaban J connectivity index is 1.89. The number of hydrogen-bond acceptors (Lipinski definition) is 6. The number of amides is 1. The third kappa shape index (κ3) is 2.76. The topological polar surface area (TPSA) is 112 Å². The fourth-order valence-electron chi connectivity index (χ4n) is 2.18. The van der Waals surface area contributed by atoms with Crippen LogP contribution in [0, 0.1) is 0 Å². The van der Waals surface area contributed by atoms with Gasteiger partial charge in [-0.05, 0) is 12.1 Å². The number of fused-ring (bicyclic) bond motifs is 1. The predicted octanol–water partition coefficient (Wildman–Crippen LogP) is -0.600. The quantitative estimate of drug-likeness (QED) is 0.688. The maximum atomic E-state index is 12.3. The normalized spacial score (nSPS) is 10.8. The van der Waals surface area contributed by atoms with Crippen LogP contribution in [0.25, 0.3) is 11.0 Å². The molecule has 0 aliphatic heterocycles. The van der Waals surface area contributed by atoms with Crippen molar-refractivity contribution in [2.45, 2.75) is 13.1 Å². The molecule has 0 spiro atoms. The molecule has 3 rings (SSSR count). The number of carbonyl (C=O) groups is 1. The van der Waals surface area contributed by atoms with Crippen molar-refractivity contribution in [1.29, 1.82) is 0 Å². The fraction of sp³-hybridized carbons (Fsp3) is 0.214. The minimum atomic E-state index is -0.616. The van der Waals surface area contributed by atoms with Gasteiger partial charge in [0.2, 0.25) is 5.91 Å². The van der Waals surface area contributed by atoms with E-state index in [2.05, 4.69) is 15.3 Å². The third-order valence-electron chi connectivity index (χ3n) is 3.34. The van der Waals surface area contributed by atoms with Crippen LogP contribution in [0.1, 0.15) is 5.76 Å². The van der Waals surface area contributed by atoms with Crippen LogP contribution in [-0.2, 0) is 24.9 Å². The number of hydrogen-bond donors (Lipinski definition) is 1. The summed E-state index contributed by atoms with van der Waals surface area (Å²) in [6.45, 7) is -0.214. The van der Waals surface area contributed by atoms with E-state index in [9.17, 15) is 14.4 Å². The first-order valence-electron chi connectivity index (χ1n) is 6.76. The van der Waals surface area contributed by atoms with Crippen molar-refractivity contribution >= 4 is 16.9 Å². The Morgan fingerprint density at radius 3 is 2.96 bits per heavy atom. The van der Waals surface area contributed by atoms with Crippen LogP contribution in [0.15, 0.2) is 44.9 Å². The first kappa shape index (κ1) is 14.7. The van der Waals surface area contributed by atoms with Gasteiger partial charge in [-0.3, -0.25) is 18.7 Å². The molecular formula is C14H13N5O4. The van der Waals surface area contributed by atoms with Gasteiger partial charge in [-0.2, -0.15) is 0 Å². The van der Waals surface area contributed by atoms with Crippen molar-refractivity contribution in [2.24, 2.45) is 7.05 Å². The molecule has 0 aliphatic rings. The number of nitrogens with one attached hydrogen (secondary N) is 1. The van der Waals surface area contributed by atoms with Gasteiger partial charge in [0.05, 0.1) is 12.8 Å². The summed E-state index contributed by atoms with van der Waals surface area (Å²) in [7, 11) is 1.48. The van der Waals surface area contributed by atoms with E-state index in [1.165, 1.54) is 30.4 Å². The van der Waals surface area contributed by atoms with Gasteiger partial charge in [-0.25, -0.2) is 14.8 Å². The first-order valence-corrected chi connectivity index (χ1v) is 6.76. The maximum absolute atomic E-state index is 12.3. The number of aromatic nitrogens is 4. The maximum Gasteiger partial charge on any atom is 0.332 e. The van der Waals surface area contributed by atoms with Gasteiger partial charge in [0.25, 0.3) is 5.56 Å². The van der Waals surface area contributed by atoms with E-state index in [0.29, 0.717) is 5.76 Å². The Morgan fingerprint density at radius 1 is 1.39 bits per heavy atom. The summed E-state index contributed by atoms with van der Waals surface area (Å²) in [5.74, 6) is 0.0994. The van der Waals surface area contributed by atoms with Crippen LogP contribution < -0.4 is 16.6 Å². The summed E-state index contributed by atoms with van der Waals surface area (Å²) >= 11 is 0. The van der Waals surface area contributed by atoms with E-state index >= 15 is 0 Å². The Hall–Kier alpha value is -3.23. The summed E-state index contributed by atoms with van der Waals surface area (Å²) < 4.78 is 7.15. The van der Waals surface area contributed by atoms with Crippen LogP contribution in [0.3, 0.4) is 0 Å². The van der Waals surface area contributed by atoms with Gasteiger partial charge in [0, 0.05) is 13.2 Å². The predicted molar refractivity (Wildman–Crippen MR) is 79.6 cm³/mol. The zero-order chi connectivity index (χ0) is 16.4. The van der Waals surface area contributed by atoms with E-state index in [-0.39, 0.29) is 17.6 Å². The highest BCUT2D eigenvalue weighted by Gasteiger charge is 2.14. The number of furan rings is 1. The second-order valence-corrected chi connectivity index (χ2v) is 4.85. The molecule has 0 fully saturated rings. The molecule has 3 heterocycles. The zero-order valence-corrected chi connectivity index (χ0v) is 12.2. The summed E-state index contributed by atoms with van der Waals surface area (Å²) in [6.07, 6.45) is 4.06. The van der Waals surface area contributed by atoms with E-state index in [4.69, 9.17) is 4.42 Å². The van der Waals surface area contributed by atoms with E-state index in [1.54, 1.807) is 12.1 Å². The van der Waals surface area contributed by atoms with Crippen molar-refractivity contribution in [1.82, 2.24) is 24.4 Å². The monoisotopic (exact) mass is 315 g/mol. The molecule has 0 unspecified atom stereocenters. The molecule has 0 saturated heterocycles. The largest absolute Gasteiger partial charge is 0.467 e. The lowest BCUT2D eigenvalue weighted by molar-refractivity contribution is -0.122. The lowest BCUT2D eigenvalue weighted by Gasteiger charge is -2.09. The SMILES string of the molecule is Cn1c(=O)n(CC(=O)NCc2ccco2)c(=O)c2cncnc21. The molecule has 0 aliphatic carbocycles. The van der Waals surface area contributed by atoms with Gasteiger partial charge in [0.1, 0.15) is 24.0 Å². The van der Waals surface area contributed by atoms with Crippen molar-refractivity contribution in [3.05, 3.63) is 57.5 Å². The molecule has 0 radical (unpaired) electrons. The van der Waals surface area contributed by atoms with Gasteiger partial charge < -0.3 is 9.73 Å². The second kappa shape index (κ2) is 5.87. The number of rotatable bonds is 4. The van der Waals surface area contributed by atoms with Crippen LogP contribution in [0.4, 0.5) is 0 Å². The van der Waals surface area contributed by atoms with Crippen LogP contribution in [0.2, 0.25) is 0 Å². The minimum absolute atomic E-state index is 0.174. The highest BCUT2D eigenvalue weighted by Crippen LogP contribution is 2.00. The summed E-state index contributed by atoms with van der Waals surface area (Å²) in [5.41, 5.74) is -0.992. The fourth-order valence-corrected chi connectivity index (χ4v) is 2.18. The van der Waals surface area contributed by atoms with Gasteiger partial charge in [-0.15, -0.1) is 0 Å². The average molecular weight is 315 g/mol. The molecule has 9 nitrogen and oxygen atoms in total. The molecule has 1 N–H and O–H groups in total. The number of nitrogens with zero attached hydrogens (tertiary/aromatic N) is 4. The van der Waals surface area contributed by atoms with Crippen molar-refractivity contribution in [2.75, 3.05) is 0 Å². The van der Waals surface area contributed by atoms with E-state index in [0.717, 1.165) is 4.57 Å². The first-order chi connectivity index (χ1) is 11.1. The van der Waals surface area contributed by atoms with E-state index in [1.807, 2.05) is 0 Å². The van der Waals surface area contributed by atoms with Crippen LogP contribution >= 0.6 is 0 Å². The molecule has 118 valence electrons. The molecule has 3 aromatic heterocycles. The molecule has 0 saturated carbocycles. The Labute approximate surface area is 129 Å². The Morgan fingerprint density at radius 2 is 2.22 bits per heavy atom. The molecule has 0 atom stereocenters.